The van der Waals surface area contributed by atoms with Gasteiger partial charge in [-0.2, -0.15) is 0 Å². The Morgan fingerprint density at radius 3 is 2.58 bits per heavy atom. The van der Waals surface area contributed by atoms with E-state index in [9.17, 15) is 14.0 Å². The Balaban J connectivity index is 0.000000415. The van der Waals surface area contributed by atoms with Crippen LogP contribution in [0.1, 0.15) is 55.7 Å². The van der Waals surface area contributed by atoms with E-state index in [0.29, 0.717) is 32.2 Å². The number of nitrogens with one attached hydrogen (secondary N) is 2. The van der Waals surface area contributed by atoms with Crippen molar-refractivity contribution in [3.8, 4) is 18.1 Å². The first-order chi connectivity index (χ1) is 18.4. The highest BCUT2D eigenvalue weighted by atomic mass is 19.1. The number of rotatable bonds is 16. The van der Waals surface area contributed by atoms with Crippen LogP contribution < -0.4 is 15.4 Å². The van der Waals surface area contributed by atoms with Gasteiger partial charge in [-0.1, -0.05) is 37.3 Å². The first kappa shape index (κ1) is 32.8. The van der Waals surface area contributed by atoms with Crippen molar-refractivity contribution in [3.05, 3.63) is 65.0 Å². The highest BCUT2D eigenvalue weighted by Gasteiger charge is 2.17. The molecule has 1 atom stereocenters. The minimum Gasteiger partial charge on any atom is -0.491 e. The molecule has 0 radical (unpaired) electrons. The molecule has 0 aromatic heterocycles. The normalized spacial score (nSPS) is 11.1. The van der Waals surface area contributed by atoms with E-state index in [0.717, 1.165) is 31.6 Å². The molecular formula is C31H44FN3O3. The highest BCUT2D eigenvalue weighted by Crippen LogP contribution is 2.18. The van der Waals surface area contributed by atoms with Crippen molar-refractivity contribution in [1.29, 1.82) is 0 Å². The Labute approximate surface area is 228 Å². The molecular weight excluding hydrogens is 481 g/mol. The second-order valence-electron chi connectivity index (χ2n) is 9.16. The number of aldehydes is 1. The number of nitrogens with zero attached hydrogens (tertiary/aromatic N) is 1. The average Bonchev–Trinajstić information content (AvgIpc) is 2.92. The number of ether oxygens (including phenoxy) is 1. The molecule has 7 heteroatoms. The smallest absolute Gasteiger partial charge is 0.222 e. The van der Waals surface area contributed by atoms with Crippen molar-refractivity contribution in [2.75, 3.05) is 33.8 Å². The third kappa shape index (κ3) is 13.4. The zero-order chi connectivity index (χ0) is 28.2. The first-order valence-corrected chi connectivity index (χ1v) is 13.3. The highest BCUT2D eigenvalue weighted by molar-refractivity contribution is 5.79. The number of terminal acetylenes is 1. The molecule has 0 bridgehead atoms. The number of aryl methyl sites for hydroxylation is 2. The van der Waals surface area contributed by atoms with Gasteiger partial charge in [0, 0.05) is 26.4 Å². The van der Waals surface area contributed by atoms with Crippen LogP contribution >= 0.6 is 0 Å². The van der Waals surface area contributed by atoms with Gasteiger partial charge in [-0.25, -0.2) is 4.39 Å². The standard InChI is InChI=1S/C18H22FNO3.C13H22N2/c1-4-7-15(13-21)20(3)18(22)8-5-6-11-23-17-10-9-14(2)12-16(17)19;1-3-12-6-4-7-13(10-12)11-15-9-5-8-14-2/h1,9-10,12-13,15H,5-8,11H2,2-3H3;4,6-7,10,14-15H,3,5,8-9,11H2,1-2H3. The fourth-order valence-corrected chi connectivity index (χ4v) is 3.62. The molecule has 0 saturated carbocycles. The van der Waals surface area contributed by atoms with E-state index in [2.05, 4.69) is 47.7 Å². The molecule has 208 valence electrons. The summed E-state index contributed by atoms with van der Waals surface area (Å²) in [6.07, 6.45) is 9.87. The van der Waals surface area contributed by atoms with Crippen LogP contribution in [0.2, 0.25) is 0 Å². The number of carbonyl (C=O) groups excluding carboxylic acids is 2. The molecule has 0 saturated heterocycles. The summed E-state index contributed by atoms with van der Waals surface area (Å²) in [6, 6.07) is 13.0. The molecule has 38 heavy (non-hydrogen) atoms. The van der Waals surface area contributed by atoms with E-state index in [-0.39, 0.29) is 23.9 Å². The van der Waals surface area contributed by atoms with Crippen molar-refractivity contribution in [2.24, 2.45) is 0 Å². The number of unbranched alkanes of at least 4 members (excludes halogenated alkanes) is 1. The summed E-state index contributed by atoms with van der Waals surface area (Å²) in [4.78, 5) is 24.2. The monoisotopic (exact) mass is 525 g/mol. The van der Waals surface area contributed by atoms with E-state index in [1.165, 1.54) is 28.5 Å². The molecule has 6 nitrogen and oxygen atoms in total. The number of hydrogen-bond donors (Lipinski definition) is 2. The summed E-state index contributed by atoms with van der Waals surface area (Å²) < 4.78 is 18.9. The third-order valence-electron chi connectivity index (χ3n) is 6.01. The summed E-state index contributed by atoms with van der Waals surface area (Å²) >= 11 is 0. The molecule has 2 N–H and O–H groups in total. The van der Waals surface area contributed by atoms with Gasteiger partial charge in [-0.15, -0.1) is 12.3 Å². The molecule has 2 aromatic carbocycles. The fraction of sp³-hybridized carbons (Fsp3) is 0.484. The van der Waals surface area contributed by atoms with E-state index >= 15 is 0 Å². The quantitative estimate of drug-likeness (QED) is 0.189. The van der Waals surface area contributed by atoms with Crippen molar-refractivity contribution in [2.45, 2.75) is 65.0 Å². The van der Waals surface area contributed by atoms with E-state index in [1.807, 2.05) is 14.0 Å². The van der Waals surface area contributed by atoms with E-state index in [1.54, 1.807) is 19.2 Å². The lowest BCUT2D eigenvalue weighted by Gasteiger charge is -2.22. The topological polar surface area (TPSA) is 70.7 Å². The maximum Gasteiger partial charge on any atom is 0.222 e. The summed E-state index contributed by atoms with van der Waals surface area (Å²) in [5.74, 6) is 2.07. The molecule has 1 amide bonds. The van der Waals surface area contributed by atoms with Crippen LogP contribution in [-0.4, -0.2) is 56.9 Å². The van der Waals surface area contributed by atoms with Crippen LogP contribution in [0, 0.1) is 25.1 Å². The van der Waals surface area contributed by atoms with Crippen LogP contribution in [0.3, 0.4) is 0 Å². The predicted octanol–water partition coefficient (Wildman–Crippen LogP) is 4.68. The molecule has 0 fully saturated rings. The summed E-state index contributed by atoms with van der Waals surface area (Å²) in [5, 5.41) is 6.59. The fourth-order valence-electron chi connectivity index (χ4n) is 3.62. The van der Waals surface area contributed by atoms with Crippen LogP contribution in [0.15, 0.2) is 42.5 Å². The number of amides is 1. The third-order valence-corrected chi connectivity index (χ3v) is 6.01. The van der Waals surface area contributed by atoms with Gasteiger partial charge in [0.15, 0.2) is 11.6 Å². The van der Waals surface area contributed by atoms with Gasteiger partial charge in [0.25, 0.3) is 0 Å². The van der Waals surface area contributed by atoms with Gasteiger partial charge in [0.2, 0.25) is 5.91 Å². The molecule has 0 spiro atoms. The predicted molar refractivity (Wildman–Crippen MR) is 153 cm³/mol. The maximum atomic E-state index is 13.6. The SMILES string of the molecule is C#CCC(C=O)N(C)C(=O)CCCCOc1ccc(C)cc1F.CCc1cccc(CNCCCNC)c1. The van der Waals surface area contributed by atoms with E-state index in [4.69, 9.17) is 11.2 Å². The van der Waals surface area contributed by atoms with Crippen LogP contribution in [0.25, 0.3) is 0 Å². The van der Waals surface area contributed by atoms with Gasteiger partial charge < -0.3 is 25.1 Å². The zero-order valence-corrected chi connectivity index (χ0v) is 23.4. The van der Waals surface area contributed by atoms with Gasteiger partial charge in [-0.3, -0.25) is 4.79 Å². The lowest BCUT2D eigenvalue weighted by atomic mass is 10.1. The molecule has 2 aromatic rings. The van der Waals surface area contributed by atoms with Gasteiger partial charge in [-0.05, 0) is 81.6 Å². The van der Waals surface area contributed by atoms with E-state index < -0.39 is 6.04 Å². The number of benzene rings is 2. The first-order valence-electron chi connectivity index (χ1n) is 13.3. The molecule has 0 heterocycles. The Morgan fingerprint density at radius 2 is 1.92 bits per heavy atom. The molecule has 0 aliphatic carbocycles. The maximum absolute atomic E-state index is 13.6. The van der Waals surface area contributed by atoms with Crippen LogP contribution in [-0.2, 0) is 22.6 Å². The van der Waals surface area contributed by atoms with Crippen molar-refractivity contribution in [3.63, 3.8) is 0 Å². The molecule has 1 unspecified atom stereocenters. The lowest BCUT2D eigenvalue weighted by molar-refractivity contribution is -0.134. The van der Waals surface area contributed by atoms with Crippen molar-refractivity contribution >= 4 is 12.2 Å². The largest absolute Gasteiger partial charge is 0.491 e. The Kier molecular flexibility index (Phi) is 17.1. The lowest BCUT2D eigenvalue weighted by Crippen LogP contribution is -2.37. The second kappa shape index (κ2) is 19.8. The van der Waals surface area contributed by atoms with Crippen molar-refractivity contribution < 1.29 is 18.7 Å². The van der Waals surface area contributed by atoms with Gasteiger partial charge >= 0.3 is 0 Å². The Morgan fingerprint density at radius 1 is 1.16 bits per heavy atom. The van der Waals surface area contributed by atoms with Crippen molar-refractivity contribution in [1.82, 2.24) is 15.5 Å². The molecule has 0 aliphatic rings. The minimum atomic E-state index is -0.578. The zero-order valence-electron chi connectivity index (χ0n) is 23.4. The molecule has 0 aliphatic heterocycles. The summed E-state index contributed by atoms with van der Waals surface area (Å²) in [7, 11) is 3.56. The number of halogens is 1. The van der Waals surface area contributed by atoms with Crippen LogP contribution in [0.5, 0.6) is 5.75 Å². The average molecular weight is 526 g/mol. The Hall–Kier alpha value is -3.21. The number of hydrogen-bond acceptors (Lipinski definition) is 5. The van der Waals surface area contributed by atoms with Gasteiger partial charge in [0.05, 0.1) is 12.6 Å². The van der Waals surface area contributed by atoms with Crippen LogP contribution in [0.4, 0.5) is 4.39 Å². The number of carbonyl (C=O) groups is 2. The summed E-state index contributed by atoms with van der Waals surface area (Å²) in [5.41, 5.74) is 3.64. The summed E-state index contributed by atoms with van der Waals surface area (Å²) in [6.45, 7) is 7.48. The number of likely N-dealkylation sites (N-methyl/N-ethyl adjacent to an activating group) is 1. The molecule has 2 rings (SSSR count). The minimum absolute atomic E-state index is 0.140. The van der Waals surface area contributed by atoms with Gasteiger partial charge in [0.1, 0.15) is 6.29 Å². The second-order valence-corrected chi connectivity index (χ2v) is 9.16. The Bertz CT molecular complexity index is 1010.